The highest BCUT2D eigenvalue weighted by Gasteiger charge is 2.29. The van der Waals surface area contributed by atoms with Crippen LogP contribution in [0, 0.1) is 0 Å². The fourth-order valence-corrected chi connectivity index (χ4v) is 2.32. The predicted octanol–water partition coefficient (Wildman–Crippen LogP) is 3.22. The minimum atomic E-state index is -0.338. The molecule has 0 radical (unpaired) electrons. The van der Waals surface area contributed by atoms with Crippen molar-refractivity contribution in [1.29, 1.82) is 0 Å². The van der Waals surface area contributed by atoms with E-state index in [1.54, 1.807) is 18.2 Å². The lowest BCUT2D eigenvalue weighted by molar-refractivity contribution is 0.106. The summed E-state index contributed by atoms with van der Waals surface area (Å²) in [7, 11) is 0. The van der Waals surface area contributed by atoms with Crippen molar-refractivity contribution in [3.63, 3.8) is 0 Å². The standard InChI is InChI=1S/C16H13NO3/c18-16-12-8-4-5-9-14(12)20-15(10-13(16)17-19)11-6-2-1-3-7-11/h1-9,15,19H,10H2/b17-13+. The van der Waals surface area contributed by atoms with Gasteiger partial charge in [-0.25, -0.2) is 0 Å². The summed E-state index contributed by atoms with van der Waals surface area (Å²) in [6.07, 6.45) is -0.0942. The third kappa shape index (κ3) is 2.16. The molecule has 0 aromatic heterocycles. The van der Waals surface area contributed by atoms with Crippen molar-refractivity contribution in [3.8, 4) is 5.75 Å². The summed E-state index contributed by atoms with van der Waals surface area (Å²) in [5, 5.41) is 12.2. The highest BCUT2D eigenvalue weighted by atomic mass is 16.5. The molecule has 0 saturated heterocycles. The molecule has 4 heteroatoms. The Labute approximate surface area is 116 Å². The molecule has 2 aromatic carbocycles. The number of hydrogen-bond acceptors (Lipinski definition) is 4. The predicted molar refractivity (Wildman–Crippen MR) is 74.4 cm³/mol. The van der Waals surface area contributed by atoms with Gasteiger partial charge in [0.15, 0.2) is 0 Å². The van der Waals surface area contributed by atoms with E-state index in [1.807, 2.05) is 36.4 Å². The van der Waals surface area contributed by atoms with Crippen molar-refractivity contribution < 1.29 is 14.7 Å². The smallest absolute Gasteiger partial charge is 0.214 e. The molecule has 1 atom stereocenters. The normalized spacial score (nSPS) is 20.1. The zero-order valence-corrected chi connectivity index (χ0v) is 10.7. The van der Waals surface area contributed by atoms with E-state index in [9.17, 15) is 4.79 Å². The molecular formula is C16H13NO3. The third-order valence-electron chi connectivity index (χ3n) is 3.33. The molecule has 4 nitrogen and oxygen atoms in total. The average molecular weight is 267 g/mol. The molecule has 0 saturated carbocycles. The number of Topliss-reactive ketones (excluding diaryl/α,β-unsaturated/α-hetero) is 1. The average Bonchev–Trinajstić information content (AvgIpc) is 2.65. The van der Waals surface area contributed by atoms with E-state index >= 15 is 0 Å². The number of rotatable bonds is 1. The lowest BCUT2D eigenvalue weighted by atomic mass is 10.0. The molecule has 1 aliphatic rings. The maximum absolute atomic E-state index is 12.3. The monoisotopic (exact) mass is 267 g/mol. The van der Waals surface area contributed by atoms with E-state index in [0.29, 0.717) is 11.3 Å². The van der Waals surface area contributed by atoms with Crippen molar-refractivity contribution in [2.24, 2.45) is 5.16 Å². The molecule has 0 spiro atoms. The highest BCUT2D eigenvalue weighted by molar-refractivity contribution is 6.46. The van der Waals surface area contributed by atoms with Crippen molar-refractivity contribution >= 4 is 11.5 Å². The maximum atomic E-state index is 12.3. The summed E-state index contributed by atoms with van der Waals surface area (Å²) in [5.74, 6) is 0.228. The summed E-state index contributed by atoms with van der Waals surface area (Å²) in [5.41, 5.74) is 1.49. The van der Waals surface area contributed by atoms with Crippen LogP contribution in [-0.4, -0.2) is 16.7 Å². The van der Waals surface area contributed by atoms with Crippen molar-refractivity contribution in [2.75, 3.05) is 0 Å². The van der Waals surface area contributed by atoms with E-state index in [4.69, 9.17) is 9.94 Å². The number of carbonyl (C=O) groups excluding carboxylic acids is 1. The molecule has 100 valence electrons. The number of hydrogen-bond donors (Lipinski definition) is 1. The first-order chi connectivity index (χ1) is 9.79. The summed E-state index contributed by atoms with van der Waals surface area (Å²) >= 11 is 0. The summed E-state index contributed by atoms with van der Waals surface area (Å²) in [6, 6.07) is 16.6. The Morgan fingerprint density at radius 2 is 1.75 bits per heavy atom. The van der Waals surface area contributed by atoms with Crippen LogP contribution >= 0.6 is 0 Å². The van der Waals surface area contributed by atoms with Gasteiger partial charge < -0.3 is 9.94 Å². The quantitative estimate of drug-likeness (QED) is 0.637. The van der Waals surface area contributed by atoms with Gasteiger partial charge >= 0.3 is 0 Å². The number of carbonyl (C=O) groups is 1. The first-order valence-corrected chi connectivity index (χ1v) is 6.36. The molecule has 3 rings (SSSR count). The Morgan fingerprint density at radius 1 is 1.05 bits per heavy atom. The van der Waals surface area contributed by atoms with Crippen LogP contribution in [0.3, 0.4) is 0 Å². The van der Waals surface area contributed by atoms with Crippen LogP contribution in [0.25, 0.3) is 0 Å². The zero-order chi connectivity index (χ0) is 13.9. The lowest BCUT2D eigenvalue weighted by Crippen LogP contribution is -2.16. The van der Waals surface area contributed by atoms with E-state index in [0.717, 1.165) is 5.56 Å². The molecule has 1 unspecified atom stereocenters. The number of oxime groups is 1. The van der Waals surface area contributed by atoms with Crippen molar-refractivity contribution in [1.82, 2.24) is 0 Å². The number of ketones is 1. The Hall–Kier alpha value is -2.62. The number of para-hydroxylation sites is 1. The maximum Gasteiger partial charge on any atom is 0.214 e. The topological polar surface area (TPSA) is 58.9 Å². The summed E-state index contributed by atoms with van der Waals surface area (Å²) in [4.78, 5) is 12.3. The second-order valence-corrected chi connectivity index (χ2v) is 4.59. The minimum Gasteiger partial charge on any atom is -0.485 e. The molecule has 1 aliphatic heterocycles. The number of ether oxygens (including phenoxy) is 1. The van der Waals surface area contributed by atoms with Gasteiger partial charge in [-0.3, -0.25) is 4.79 Å². The number of nitrogens with zero attached hydrogens (tertiary/aromatic N) is 1. The Bertz CT molecular complexity index is 664. The summed E-state index contributed by atoms with van der Waals surface area (Å²) in [6.45, 7) is 0. The van der Waals surface area contributed by atoms with Crippen LogP contribution in [0.15, 0.2) is 59.8 Å². The van der Waals surface area contributed by atoms with Crippen LogP contribution < -0.4 is 4.74 Å². The fourth-order valence-electron chi connectivity index (χ4n) is 2.32. The minimum absolute atomic E-state index is 0.115. The molecule has 0 amide bonds. The Morgan fingerprint density at radius 3 is 2.50 bits per heavy atom. The molecule has 2 aromatic rings. The van der Waals surface area contributed by atoms with Crippen molar-refractivity contribution in [3.05, 3.63) is 65.7 Å². The zero-order valence-electron chi connectivity index (χ0n) is 10.7. The largest absolute Gasteiger partial charge is 0.485 e. The first kappa shape index (κ1) is 12.4. The highest BCUT2D eigenvalue weighted by Crippen LogP contribution is 2.32. The fraction of sp³-hybridized carbons (Fsp3) is 0.125. The van der Waals surface area contributed by atoms with Gasteiger partial charge in [0.1, 0.15) is 17.6 Å². The molecule has 0 aliphatic carbocycles. The Balaban J connectivity index is 2.07. The number of benzene rings is 2. The van der Waals surface area contributed by atoms with Gasteiger partial charge in [0.2, 0.25) is 5.78 Å². The molecule has 0 bridgehead atoms. The molecule has 1 N–H and O–H groups in total. The van der Waals surface area contributed by atoms with Gasteiger partial charge in [-0.1, -0.05) is 47.6 Å². The first-order valence-electron chi connectivity index (χ1n) is 6.36. The lowest BCUT2D eigenvalue weighted by Gasteiger charge is -2.17. The van der Waals surface area contributed by atoms with Crippen LogP contribution in [0.5, 0.6) is 5.75 Å². The van der Waals surface area contributed by atoms with Crippen LogP contribution in [0.4, 0.5) is 0 Å². The molecular weight excluding hydrogens is 254 g/mol. The summed E-state index contributed by atoms with van der Waals surface area (Å²) < 4.78 is 5.93. The van der Waals surface area contributed by atoms with Gasteiger partial charge in [0.05, 0.1) is 5.56 Å². The third-order valence-corrected chi connectivity index (χ3v) is 3.33. The van der Waals surface area contributed by atoms with E-state index in [1.165, 1.54) is 0 Å². The Kier molecular flexibility index (Phi) is 3.21. The molecule has 20 heavy (non-hydrogen) atoms. The van der Waals surface area contributed by atoms with E-state index in [2.05, 4.69) is 5.16 Å². The van der Waals surface area contributed by atoms with Crippen LogP contribution in [-0.2, 0) is 0 Å². The SMILES string of the molecule is O=C1/C(=N/O)CC(c2ccccc2)Oc2ccccc21. The second-order valence-electron chi connectivity index (χ2n) is 4.59. The van der Waals surface area contributed by atoms with E-state index in [-0.39, 0.29) is 24.0 Å². The number of fused-ring (bicyclic) bond motifs is 1. The van der Waals surface area contributed by atoms with Gasteiger partial charge in [-0.05, 0) is 17.7 Å². The van der Waals surface area contributed by atoms with Gasteiger partial charge in [-0.2, -0.15) is 0 Å². The molecule has 0 fully saturated rings. The van der Waals surface area contributed by atoms with Crippen LogP contribution in [0.2, 0.25) is 0 Å². The van der Waals surface area contributed by atoms with Gasteiger partial charge in [0.25, 0.3) is 0 Å². The van der Waals surface area contributed by atoms with Gasteiger partial charge in [0, 0.05) is 6.42 Å². The molecule has 1 heterocycles. The van der Waals surface area contributed by atoms with Crippen LogP contribution in [0.1, 0.15) is 28.4 Å². The van der Waals surface area contributed by atoms with E-state index < -0.39 is 0 Å². The van der Waals surface area contributed by atoms with Crippen molar-refractivity contribution in [2.45, 2.75) is 12.5 Å². The van der Waals surface area contributed by atoms with Gasteiger partial charge in [-0.15, -0.1) is 0 Å². The second kappa shape index (κ2) is 5.17.